The number of benzene rings is 1. The quantitative estimate of drug-likeness (QED) is 0.340. The first kappa shape index (κ1) is 16.3. The molecule has 1 heterocycles. The first-order chi connectivity index (χ1) is 11.3. The predicted octanol–water partition coefficient (Wildman–Crippen LogP) is -0.166. The highest BCUT2D eigenvalue weighted by Crippen LogP contribution is 2.39. The first-order valence-corrected chi connectivity index (χ1v) is 7.31. The number of phenols is 2. The van der Waals surface area contributed by atoms with Crippen molar-refractivity contribution in [3.8, 4) is 11.5 Å². The van der Waals surface area contributed by atoms with E-state index in [1.165, 1.54) is 24.3 Å². The second-order valence-corrected chi connectivity index (χ2v) is 5.93. The molecule has 24 heavy (non-hydrogen) atoms. The van der Waals surface area contributed by atoms with E-state index in [4.69, 9.17) is 9.47 Å². The van der Waals surface area contributed by atoms with Gasteiger partial charge < -0.3 is 29.9 Å². The van der Waals surface area contributed by atoms with Gasteiger partial charge in [0.25, 0.3) is 0 Å². The molecule has 4 unspecified atom stereocenters. The van der Waals surface area contributed by atoms with E-state index in [2.05, 4.69) is 0 Å². The van der Waals surface area contributed by atoms with Crippen LogP contribution in [0.5, 0.6) is 11.5 Å². The van der Waals surface area contributed by atoms with Crippen molar-refractivity contribution in [1.29, 1.82) is 0 Å². The van der Waals surface area contributed by atoms with E-state index in [0.717, 1.165) is 6.08 Å². The number of aliphatic hydroxyl groups excluding tert-OH is 1. The molecule has 8 heteroatoms. The molecule has 2 bridgehead atoms. The Morgan fingerprint density at radius 2 is 2.04 bits per heavy atom. The molecule has 0 spiro atoms. The maximum absolute atomic E-state index is 11.9. The van der Waals surface area contributed by atoms with Gasteiger partial charge in [-0.3, -0.25) is 0 Å². The Kier molecular flexibility index (Phi) is 3.94. The van der Waals surface area contributed by atoms with Crippen LogP contribution >= 0.6 is 0 Å². The normalized spacial score (nSPS) is 31.9. The lowest BCUT2D eigenvalue weighted by Gasteiger charge is -2.32. The van der Waals surface area contributed by atoms with Crippen LogP contribution < -0.4 is 0 Å². The third kappa shape index (κ3) is 2.93. The van der Waals surface area contributed by atoms with Crippen molar-refractivity contribution < 1.29 is 39.5 Å². The molecule has 2 aliphatic rings. The molecule has 1 saturated carbocycles. The number of carbonyl (C=O) groups excluding carboxylic acids is 2. The van der Waals surface area contributed by atoms with E-state index in [1.807, 2.05) is 0 Å². The molecule has 0 amide bonds. The summed E-state index contributed by atoms with van der Waals surface area (Å²) in [4.78, 5) is 23.4. The molecule has 1 aromatic rings. The van der Waals surface area contributed by atoms with Gasteiger partial charge in [0.15, 0.2) is 23.2 Å². The lowest BCUT2D eigenvalue weighted by molar-refractivity contribution is -0.165. The SMILES string of the molecule is O=C(C=Cc1ccc(O)c(O)c1)OC1C(O)CC2(O)CC1OC2=O. The molecule has 4 atom stereocenters. The highest BCUT2D eigenvalue weighted by molar-refractivity contribution is 5.87. The van der Waals surface area contributed by atoms with Crippen LogP contribution in [0, 0.1) is 0 Å². The fourth-order valence-electron chi connectivity index (χ4n) is 2.90. The van der Waals surface area contributed by atoms with Crippen molar-refractivity contribution in [2.45, 2.75) is 36.8 Å². The Balaban J connectivity index is 1.65. The summed E-state index contributed by atoms with van der Waals surface area (Å²) in [5, 5.41) is 38.5. The standard InChI is InChI=1S/C16H16O8/c17-9-3-1-8(5-10(9)18)2-4-13(20)24-14-11(19)6-16(22)7-12(14)23-15(16)21/h1-5,11-12,14,17-19,22H,6-7H2. The van der Waals surface area contributed by atoms with Crippen LogP contribution in [-0.4, -0.2) is 56.3 Å². The van der Waals surface area contributed by atoms with Crippen molar-refractivity contribution in [1.82, 2.24) is 0 Å². The van der Waals surface area contributed by atoms with Gasteiger partial charge in [-0.05, 0) is 23.8 Å². The summed E-state index contributed by atoms with van der Waals surface area (Å²) in [5.74, 6) is -2.21. The number of phenolic OH excluding ortho intramolecular Hbond substituents is 2. The summed E-state index contributed by atoms with van der Waals surface area (Å²) >= 11 is 0. The maximum atomic E-state index is 11.9. The number of ether oxygens (including phenoxy) is 2. The minimum Gasteiger partial charge on any atom is -0.504 e. The molecule has 4 N–H and O–H groups in total. The van der Waals surface area contributed by atoms with Crippen molar-refractivity contribution >= 4 is 18.0 Å². The van der Waals surface area contributed by atoms with E-state index in [-0.39, 0.29) is 24.3 Å². The zero-order chi connectivity index (χ0) is 17.5. The Morgan fingerprint density at radius 3 is 2.75 bits per heavy atom. The largest absolute Gasteiger partial charge is 0.504 e. The van der Waals surface area contributed by atoms with Crippen LogP contribution in [0.4, 0.5) is 0 Å². The molecule has 1 saturated heterocycles. The zero-order valence-corrected chi connectivity index (χ0v) is 12.5. The van der Waals surface area contributed by atoms with Crippen LogP contribution in [0.1, 0.15) is 18.4 Å². The average Bonchev–Trinajstić information content (AvgIpc) is 2.76. The number of hydrogen-bond donors (Lipinski definition) is 4. The molecular formula is C16H16O8. The summed E-state index contributed by atoms with van der Waals surface area (Å²) in [7, 11) is 0. The van der Waals surface area contributed by atoms with Gasteiger partial charge in [0.1, 0.15) is 6.10 Å². The van der Waals surface area contributed by atoms with Crippen LogP contribution in [-0.2, 0) is 19.1 Å². The van der Waals surface area contributed by atoms with Gasteiger partial charge >= 0.3 is 11.9 Å². The summed E-state index contributed by atoms with van der Waals surface area (Å²) in [5.41, 5.74) is -1.26. The Morgan fingerprint density at radius 1 is 1.29 bits per heavy atom. The summed E-state index contributed by atoms with van der Waals surface area (Å²) in [6, 6.07) is 4.00. The first-order valence-electron chi connectivity index (χ1n) is 7.31. The Labute approximate surface area is 136 Å². The summed E-state index contributed by atoms with van der Waals surface area (Å²) < 4.78 is 10.1. The second kappa shape index (κ2) is 5.81. The number of aromatic hydroxyl groups is 2. The molecule has 1 aromatic carbocycles. The van der Waals surface area contributed by atoms with Gasteiger partial charge in [-0.15, -0.1) is 0 Å². The average molecular weight is 336 g/mol. The Hall–Kier alpha value is -2.58. The smallest absolute Gasteiger partial charge is 0.338 e. The third-order valence-corrected chi connectivity index (χ3v) is 4.13. The van der Waals surface area contributed by atoms with Crippen molar-refractivity contribution in [2.75, 3.05) is 0 Å². The molecular weight excluding hydrogens is 320 g/mol. The molecule has 8 nitrogen and oxygen atoms in total. The number of aliphatic hydroxyl groups is 2. The van der Waals surface area contributed by atoms with Crippen molar-refractivity contribution in [3.63, 3.8) is 0 Å². The van der Waals surface area contributed by atoms with Crippen LogP contribution in [0.3, 0.4) is 0 Å². The fraction of sp³-hybridized carbons (Fsp3) is 0.375. The summed E-state index contributed by atoms with van der Waals surface area (Å²) in [6.45, 7) is 0. The van der Waals surface area contributed by atoms with Crippen molar-refractivity contribution in [3.05, 3.63) is 29.8 Å². The van der Waals surface area contributed by atoms with Gasteiger partial charge in [-0.2, -0.15) is 0 Å². The van der Waals surface area contributed by atoms with Gasteiger partial charge in [0, 0.05) is 18.9 Å². The number of fused-ring (bicyclic) bond motifs is 2. The maximum Gasteiger partial charge on any atom is 0.338 e. The molecule has 128 valence electrons. The highest BCUT2D eigenvalue weighted by Gasteiger charge is 2.58. The molecule has 3 rings (SSSR count). The second-order valence-electron chi connectivity index (χ2n) is 5.93. The van der Waals surface area contributed by atoms with E-state index in [1.54, 1.807) is 0 Å². The van der Waals surface area contributed by atoms with Crippen LogP contribution in [0.2, 0.25) is 0 Å². The number of carbonyl (C=O) groups is 2. The summed E-state index contributed by atoms with van der Waals surface area (Å²) in [6.07, 6.45) is -1.01. The third-order valence-electron chi connectivity index (χ3n) is 4.13. The van der Waals surface area contributed by atoms with Crippen LogP contribution in [0.25, 0.3) is 6.08 Å². The van der Waals surface area contributed by atoms with E-state index in [0.29, 0.717) is 5.56 Å². The van der Waals surface area contributed by atoms with Gasteiger partial charge in [0.2, 0.25) is 0 Å². The molecule has 1 aliphatic heterocycles. The van der Waals surface area contributed by atoms with E-state index < -0.39 is 35.9 Å². The van der Waals surface area contributed by atoms with E-state index >= 15 is 0 Å². The number of hydrogen-bond acceptors (Lipinski definition) is 8. The molecule has 1 aliphatic carbocycles. The number of rotatable bonds is 3. The molecule has 2 fully saturated rings. The number of esters is 2. The minimum atomic E-state index is -1.72. The lowest BCUT2D eigenvalue weighted by Crippen LogP contribution is -2.50. The molecule has 0 radical (unpaired) electrons. The zero-order valence-electron chi connectivity index (χ0n) is 12.5. The van der Waals surface area contributed by atoms with Gasteiger partial charge in [0.05, 0.1) is 6.10 Å². The lowest BCUT2D eigenvalue weighted by atomic mass is 9.82. The molecule has 0 aromatic heterocycles. The van der Waals surface area contributed by atoms with Gasteiger partial charge in [-0.1, -0.05) is 6.07 Å². The van der Waals surface area contributed by atoms with Crippen LogP contribution in [0.15, 0.2) is 24.3 Å². The monoisotopic (exact) mass is 336 g/mol. The highest BCUT2D eigenvalue weighted by atomic mass is 16.6. The van der Waals surface area contributed by atoms with E-state index in [9.17, 15) is 30.0 Å². The minimum absolute atomic E-state index is 0.0314. The Bertz CT molecular complexity index is 712. The topological polar surface area (TPSA) is 134 Å². The fourth-order valence-corrected chi connectivity index (χ4v) is 2.90. The van der Waals surface area contributed by atoms with Crippen molar-refractivity contribution in [2.24, 2.45) is 0 Å². The van der Waals surface area contributed by atoms with Gasteiger partial charge in [-0.25, -0.2) is 9.59 Å². The predicted molar refractivity (Wildman–Crippen MR) is 78.8 cm³/mol.